The number of hydrogen-bond acceptors (Lipinski definition) is 4. The summed E-state index contributed by atoms with van der Waals surface area (Å²) in [5, 5.41) is 2.82. The van der Waals surface area contributed by atoms with E-state index in [-0.39, 0.29) is 35.9 Å². The van der Waals surface area contributed by atoms with Crippen molar-refractivity contribution in [3.8, 4) is 0 Å². The van der Waals surface area contributed by atoms with Crippen LogP contribution in [0.3, 0.4) is 0 Å². The molecule has 1 atom stereocenters. The molecule has 0 radical (unpaired) electrons. The van der Waals surface area contributed by atoms with Crippen LogP contribution in [0.1, 0.15) is 31.4 Å². The Hall–Kier alpha value is -1.11. The van der Waals surface area contributed by atoms with Gasteiger partial charge in [0, 0.05) is 18.2 Å². The van der Waals surface area contributed by atoms with Gasteiger partial charge < -0.3 is 11.1 Å². The first-order valence-electron chi connectivity index (χ1n) is 7.29. The Balaban J connectivity index is 0.00000484. The number of rotatable bonds is 7. The van der Waals surface area contributed by atoms with Crippen LogP contribution in [-0.4, -0.2) is 38.9 Å². The zero-order chi connectivity index (χ0) is 17.0. The van der Waals surface area contributed by atoms with Crippen molar-refractivity contribution in [3.05, 3.63) is 35.4 Å². The summed E-state index contributed by atoms with van der Waals surface area (Å²) in [5.74, 6) is -0.396. The minimum atomic E-state index is -3.10. The summed E-state index contributed by atoms with van der Waals surface area (Å²) in [4.78, 5) is 12.0. The summed E-state index contributed by atoms with van der Waals surface area (Å²) in [6.07, 6.45) is 1.27. The van der Waals surface area contributed by atoms with Crippen LogP contribution in [0, 0.1) is 6.92 Å². The van der Waals surface area contributed by atoms with E-state index in [0.29, 0.717) is 6.54 Å². The molecule has 23 heavy (non-hydrogen) atoms. The molecule has 3 N–H and O–H groups in total. The average molecular weight is 363 g/mol. The fraction of sp³-hybridized carbons (Fsp3) is 0.562. The highest BCUT2D eigenvalue weighted by Crippen LogP contribution is 2.23. The van der Waals surface area contributed by atoms with Crippen LogP contribution < -0.4 is 11.1 Å². The van der Waals surface area contributed by atoms with Crippen molar-refractivity contribution in [1.29, 1.82) is 0 Å². The zero-order valence-corrected chi connectivity index (χ0v) is 15.8. The van der Waals surface area contributed by atoms with Gasteiger partial charge in [0.25, 0.3) is 0 Å². The van der Waals surface area contributed by atoms with Crippen molar-refractivity contribution in [2.75, 3.05) is 18.6 Å². The monoisotopic (exact) mass is 362 g/mol. The minimum Gasteiger partial charge on any atom is -0.354 e. The first-order valence-corrected chi connectivity index (χ1v) is 9.35. The number of carbonyl (C=O) groups excluding carboxylic acids is 1. The maximum absolute atomic E-state index is 12.0. The molecule has 0 heterocycles. The molecule has 0 aliphatic rings. The zero-order valence-electron chi connectivity index (χ0n) is 14.1. The topological polar surface area (TPSA) is 89.3 Å². The van der Waals surface area contributed by atoms with Gasteiger partial charge in [-0.25, -0.2) is 8.42 Å². The second-order valence-electron chi connectivity index (χ2n) is 6.50. The Morgan fingerprint density at radius 1 is 1.35 bits per heavy atom. The number of nitrogens with one attached hydrogen (secondary N) is 1. The SMILES string of the molecule is Cc1cccc(C(C)(C)CNC(=O)C(N)CCS(C)(=O)=O)c1.Cl. The van der Waals surface area contributed by atoms with E-state index in [9.17, 15) is 13.2 Å². The number of aryl methyl sites for hydroxylation is 1. The van der Waals surface area contributed by atoms with Gasteiger partial charge in [0.15, 0.2) is 0 Å². The third kappa shape index (κ3) is 7.81. The molecule has 0 spiro atoms. The number of amides is 1. The lowest BCUT2D eigenvalue weighted by atomic mass is 9.84. The van der Waals surface area contributed by atoms with E-state index in [0.717, 1.165) is 11.8 Å². The van der Waals surface area contributed by atoms with E-state index >= 15 is 0 Å². The fourth-order valence-electron chi connectivity index (χ4n) is 2.08. The maximum atomic E-state index is 12.0. The van der Waals surface area contributed by atoms with Gasteiger partial charge in [-0.3, -0.25) is 4.79 Å². The van der Waals surface area contributed by atoms with Crippen LogP contribution in [0.25, 0.3) is 0 Å². The van der Waals surface area contributed by atoms with Crippen molar-refractivity contribution in [3.63, 3.8) is 0 Å². The molecule has 0 fully saturated rings. The van der Waals surface area contributed by atoms with Crippen molar-refractivity contribution in [2.45, 2.75) is 38.6 Å². The molecule has 1 amide bonds. The number of nitrogens with two attached hydrogens (primary N) is 1. The normalized spacial score (nSPS) is 13.1. The molecule has 0 aromatic heterocycles. The highest BCUT2D eigenvalue weighted by molar-refractivity contribution is 7.90. The van der Waals surface area contributed by atoms with Gasteiger partial charge in [-0.1, -0.05) is 43.7 Å². The summed E-state index contributed by atoms with van der Waals surface area (Å²) in [7, 11) is -3.10. The second-order valence-corrected chi connectivity index (χ2v) is 8.76. The van der Waals surface area contributed by atoms with Crippen LogP contribution in [-0.2, 0) is 20.0 Å². The van der Waals surface area contributed by atoms with E-state index in [1.165, 1.54) is 5.56 Å². The van der Waals surface area contributed by atoms with E-state index in [4.69, 9.17) is 5.73 Å². The number of carbonyl (C=O) groups is 1. The second kappa shape index (κ2) is 8.66. The quantitative estimate of drug-likeness (QED) is 0.770. The maximum Gasteiger partial charge on any atom is 0.236 e. The van der Waals surface area contributed by atoms with E-state index in [1.807, 2.05) is 39.0 Å². The summed E-state index contributed by atoms with van der Waals surface area (Å²) >= 11 is 0. The van der Waals surface area contributed by atoms with Gasteiger partial charge in [0.2, 0.25) is 5.91 Å². The van der Waals surface area contributed by atoms with Crippen LogP contribution in [0.5, 0.6) is 0 Å². The van der Waals surface area contributed by atoms with Gasteiger partial charge in [-0.05, 0) is 18.9 Å². The van der Waals surface area contributed by atoms with Crippen molar-refractivity contribution >= 4 is 28.2 Å². The van der Waals surface area contributed by atoms with Gasteiger partial charge in [0.05, 0.1) is 11.8 Å². The standard InChI is InChI=1S/C16H26N2O3S.ClH/c1-12-6-5-7-13(10-12)16(2,3)11-18-15(19)14(17)8-9-22(4,20)21;/h5-7,10,14H,8-9,11,17H2,1-4H3,(H,18,19);1H. The van der Waals surface area contributed by atoms with Crippen LogP contribution in [0.15, 0.2) is 24.3 Å². The molecule has 0 bridgehead atoms. The minimum absolute atomic E-state index is 0. The molecule has 1 unspecified atom stereocenters. The molecule has 0 aliphatic heterocycles. The molecular formula is C16H27ClN2O3S. The van der Waals surface area contributed by atoms with Crippen LogP contribution >= 0.6 is 12.4 Å². The summed E-state index contributed by atoms with van der Waals surface area (Å²) in [6.45, 7) is 6.56. The molecule has 132 valence electrons. The molecule has 0 aliphatic carbocycles. The number of halogens is 1. The predicted molar refractivity (Wildman–Crippen MR) is 96.8 cm³/mol. The van der Waals surface area contributed by atoms with Crippen LogP contribution in [0.2, 0.25) is 0 Å². The summed E-state index contributed by atoms with van der Waals surface area (Å²) in [6, 6.07) is 7.34. The van der Waals surface area contributed by atoms with E-state index in [2.05, 4.69) is 11.4 Å². The first kappa shape index (κ1) is 21.9. The molecule has 1 aromatic rings. The Morgan fingerprint density at radius 3 is 2.48 bits per heavy atom. The molecule has 1 rings (SSSR count). The Kier molecular flexibility index (Phi) is 8.24. The fourth-order valence-corrected chi connectivity index (χ4v) is 2.76. The molecular weight excluding hydrogens is 336 g/mol. The molecule has 5 nitrogen and oxygen atoms in total. The lowest BCUT2D eigenvalue weighted by Gasteiger charge is -2.27. The molecule has 7 heteroatoms. The Bertz CT molecular complexity index is 630. The highest BCUT2D eigenvalue weighted by atomic mass is 35.5. The van der Waals surface area contributed by atoms with Crippen LogP contribution in [0.4, 0.5) is 0 Å². The third-order valence-corrected chi connectivity index (χ3v) is 4.62. The number of sulfone groups is 1. The molecule has 0 saturated heterocycles. The van der Waals surface area contributed by atoms with Crippen molar-refractivity contribution in [2.24, 2.45) is 5.73 Å². The van der Waals surface area contributed by atoms with E-state index < -0.39 is 15.9 Å². The van der Waals surface area contributed by atoms with Gasteiger partial charge in [-0.2, -0.15) is 0 Å². The first-order chi connectivity index (χ1) is 10.0. The molecule has 0 saturated carbocycles. The smallest absolute Gasteiger partial charge is 0.236 e. The van der Waals surface area contributed by atoms with Gasteiger partial charge in [-0.15, -0.1) is 12.4 Å². The third-order valence-electron chi connectivity index (χ3n) is 3.64. The van der Waals surface area contributed by atoms with Crippen molar-refractivity contribution < 1.29 is 13.2 Å². The lowest BCUT2D eigenvalue weighted by molar-refractivity contribution is -0.122. The highest BCUT2D eigenvalue weighted by Gasteiger charge is 2.23. The summed E-state index contributed by atoms with van der Waals surface area (Å²) in [5.41, 5.74) is 7.82. The van der Waals surface area contributed by atoms with Gasteiger partial charge >= 0.3 is 0 Å². The Labute approximate surface area is 145 Å². The lowest BCUT2D eigenvalue weighted by Crippen LogP contribution is -2.45. The number of benzene rings is 1. The number of hydrogen-bond donors (Lipinski definition) is 2. The van der Waals surface area contributed by atoms with E-state index in [1.54, 1.807) is 0 Å². The molecule has 1 aromatic carbocycles. The largest absolute Gasteiger partial charge is 0.354 e. The Morgan fingerprint density at radius 2 is 1.96 bits per heavy atom. The average Bonchev–Trinajstić information content (AvgIpc) is 2.41. The predicted octanol–water partition coefficient (Wildman–Crippen LogP) is 1.57. The van der Waals surface area contributed by atoms with Gasteiger partial charge in [0.1, 0.15) is 9.84 Å². The summed E-state index contributed by atoms with van der Waals surface area (Å²) < 4.78 is 22.2. The van der Waals surface area contributed by atoms with Crippen molar-refractivity contribution in [1.82, 2.24) is 5.32 Å².